The first-order valence-corrected chi connectivity index (χ1v) is 33.6. The van der Waals surface area contributed by atoms with Gasteiger partial charge in [-0.15, -0.1) is 0 Å². The van der Waals surface area contributed by atoms with Gasteiger partial charge in [0.25, 0.3) is 0 Å². The van der Waals surface area contributed by atoms with E-state index in [9.17, 15) is 0 Å². The number of rotatable bonds is 10. The van der Waals surface area contributed by atoms with Crippen LogP contribution in [-0.2, 0) is 0 Å². The van der Waals surface area contributed by atoms with Crippen molar-refractivity contribution in [3.63, 3.8) is 0 Å². The van der Waals surface area contributed by atoms with Crippen LogP contribution in [0.15, 0.2) is 352 Å². The van der Waals surface area contributed by atoms with E-state index in [0.29, 0.717) is 34.9 Å². The molecule has 468 valence electrons. The second-order valence-corrected chi connectivity index (χ2v) is 25.0. The van der Waals surface area contributed by atoms with Crippen LogP contribution in [0.5, 0.6) is 0 Å². The van der Waals surface area contributed by atoms with Crippen LogP contribution in [0.4, 0.5) is 0 Å². The Morgan fingerprint density at radius 1 is 0.160 bits per heavy atom. The highest BCUT2D eigenvalue weighted by molar-refractivity contribution is 6.26. The summed E-state index contributed by atoms with van der Waals surface area (Å²) in [5.74, 6) is 3.85. The van der Waals surface area contributed by atoms with E-state index in [0.717, 1.165) is 78.2 Å². The molecule has 0 radical (unpaired) electrons. The quantitative estimate of drug-likeness (QED) is 0.135. The minimum Gasteiger partial charge on any atom is -0.309 e. The molecule has 20 rings (SSSR count). The van der Waals surface area contributed by atoms with Gasteiger partial charge >= 0.3 is 0 Å². The fourth-order valence-corrected chi connectivity index (χ4v) is 14.6. The maximum atomic E-state index is 5.02. The average Bonchev–Trinajstić information content (AvgIpc) is 1.55. The first-order chi connectivity index (χ1) is 49.6. The lowest BCUT2D eigenvalue weighted by atomic mass is 10.1. The van der Waals surface area contributed by atoms with E-state index in [4.69, 9.17) is 29.9 Å². The highest BCUT2D eigenvalue weighted by atomic mass is 15.1. The Kier molecular flexibility index (Phi) is 14.0. The van der Waals surface area contributed by atoms with Crippen molar-refractivity contribution in [2.75, 3.05) is 0 Å². The second kappa shape index (κ2) is 24.2. The lowest BCUT2D eigenvalue weighted by molar-refractivity contribution is 1.07. The van der Waals surface area contributed by atoms with Gasteiger partial charge in [-0.3, -0.25) is 0 Å². The molecule has 0 fully saturated rings. The molecular weight excluding hydrogens is 1220 g/mol. The molecule has 6 heterocycles. The summed E-state index contributed by atoms with van der Waals surface area (Å²) in [6, 6.07) is 123. The smallest absolute Gasteiger partial charge is 0.164 e. The number of hydrogen-bond donors (Lipinski definition) is 0. The maximum Gasteiger partial charge on any atom is 0.164 e. The van der Waals surface area contributed by atoms with Gasteiger partial charge in [-0.25, -0.2) is 29.9 Å². The van der Waals surface area contributed by atoms with E-state index in [-0.39, 0.29) is 0 Å². The van der Waals surface area contributed by atoms with E-state index < -0.39 is 0 Å². The standard InChI is InChI=1S/2C45H29N5/c1-4-15-30(16-5-1)43-46-44(31-17-6-2-7-18-31)48-45(47-43)32-19-14-22-34(27-32)50-40-26-13-11-24-36(40)38-28-37-35-23-10-12-25-39(35)49(41(37)29-42(38)50)33-20-8-3-9-21-33;1-4-15-30(16-5-1)43-46-44(31-17-6-2-7-18-31)48-45(47-43)32-19-14-22-34(29-32)49-39-26-13-11-24-37(39)41-40(49)28-27-36-35-23-10-12-25-38(35)50(42(36)41)33-20-8-3-9-21-33/h2*1-29H. The van der Waals surface area contributed by atoms with Crippen molar-refractivity contribution in [3.8, 4) is 91.1 Å². The normalized spacial score (nSPS) is 11.6. The summed E-state index contributed by atoms with van der Waals surface area (Å²) in [5.41, 5.74) is 19.3. The van der Waals surface area contributed by atoms with Gasteiger partial charge in [-0.1, -0.05) is 261 Å². The Balaban J connectivity index is 0.000000139. The molecule has 6 aromatic heterocycles. The Hall–Kier alpha value is -13.7. The number of nitrogens with zero attached hydrogens (tertiary/aromatic N) is 10. The number of hydrogen-bond acceptors (Lipinski definition) is 6. The largest absolute Gasteiger partial charge is 0.309 e. The predicted octanol–water partition coefficient (Wildman–Crippen LogP) is 22.1. The van der Waals surface area contributed by atoms with Crippen molar-refractivity contribution in [3.05, 3.63) is 352 Å². The third-order valence-corrected chi connectivity index (χ3v) is 19.1. The van der Waals surface area contributed by atoms with Crippen molar-refractivity contribution in [2.24, 2.45) is 0 Å². The topological polar surface area (TPSA) is 97.1 Å². The molecule has 20 aromatic rings. The molecule has 0 aliphatic rings. The van der Waals surface area contributed by atoms with E-state index in [1.807, 2.05) is 121 Å². The van der Waals surface area contributed by atoms with Crippen LogP contribution in [0.1, 0.15) is 0 Å². The highest BCUT2D eigenvalue weighted by Gasteiger charge is 2.24. The lowest BCUT2D eigenvalue weighted by Gasteiger charge is -2.12. The first kappa shape index (κ1) is 57.7. The van der Waals surface area contributed by atoms with Crippen molar-refractivity contribution in [1.82, 2.24) is 48.2 Å². The predicted molar refractivity (Wildman–Crippen MR) is 410 cm³/mol. The highest BCUT2D eigenvalue weighted by Crippen LogP contribution is 2.44. The van der Waals surface area contributed by atoms with Crippen LogP contribution in [0, 0.1) is 0 Å². The molecule has 100 heavy (non-hydrogen) atoms. The summed E-state index contributed by atoms with van der Waals surface area (Å²) in [6.45, 7) is 0. The van der Waals surface area contributed by atoms with Crippen molar-refractivity contribution >= 4 is 87.2 Å². The third-order valence-electron chi connectivity index (χ3n) is 19.1. The van der Waals surface area contributed by atoms with Crippen LogP contribution < -0.4 is 0 Å². The number of aromatic nitrogens is 10. The zero-order valence-electron chi connectivity index (χ0n) is 54.0. The second-order valence-electron chi connectivity index (χ2n) is 25.0. The monoisotopic (exact) mass is 1280 g/mol. The van der Waals surface area contributed by atoms with Gasteiger partial charge in [0.15, 0.2) is 34.9 Å². The van der Waals surface area contributed by atoms with Gasteiger partial charge in [0.2, 0.25) is 0 Å². The van der Waals surface area contributed by atoms with E-state index >= 15 is 0 Å². The first-order valence-electron chi connectivity index (χ1n) is 33.6. The zero-order chi connectivity index (χ0) is 66.0. The molecule has 0 aliphatic heterocycles. The zero-order valence-corrected chi connectivity index (χ0v) is 54.0. The molecule has 14 aromatic carbocycles. The van der Waals surface area contributed by atoms with Crippen LogP contribution in [-0.4, -0.2) is 48.2 Å². The molecule has 0 saturated carbocycles. The molecule has 0 aliphatic carbocycles. The summed E-state index contributed by atoms with van der Waals surface area (Å²) in [5, 5.41) is 9.81. The molecule has 10 nitrogen and oxygen atoms in total. The summed E-state index contributed by atoms with van der Waals surface area (Å²) in [7, 11) is 0. The van der Waals surface area contributed by atoms with E-state index in [2.05, 4.69) is 249 Å². The molecule has 0 atom stereocenters. The molecule has 0 spiro atoms. The van der Waals surface area contributed by atoms with Crippen LogP contribution >= 0.6 is 0 Å². The molecule has 0 N–H and O–H groups in total. The number of benzene rings is 14. The SMILES string of the molecule is c1ccc(-c2nc(-c3ccccc3)nc(-c3cccc(-n4c5ccccc5c5c4ccc4c6ccccc6n(-c6ccccc6)c45)c3)n2)cc1.c1ccc(-c2nc(-c3ccccc3)nc(-c3cccc(-n4c5ccccc5c5cc6c7ccccc7n(-c7ccccc7)c6cc54)c3)n2)cc1. The van der Waals surface area contributed by atoms with Crippen LogP contribution in [0.2, 0.25) is 0 Å². The average molecular weight is 1280 g/mol. The summed E-state index contributed by atoms with van der Waals surface area (Å²) in [6.07, 6.45) is 0. The molecular formula is C90H58N10. The van der Waals surface area contributed by atoms with Gasteiger partial charge in [-0.05, 0) is 91.0 Å². The van der Waals surface area contributed by atoms with Gasteiger partial charge in [0.05, 0.1) is 44.1 Å². The number of fused-ring (bicyclic) bond motifs is 13. The number of para-hydroxylation sites is 6. The van der Waals surface area contributed by atoms with Gasteiger partial charge < -0.3 is 18.3 Å². The lowest BCUT2D eigenvalue weighted by Crippen LogP contribution is -2.01. The van der Waals surface area contributed by atoms with Crippen molar-refractivity contribution < 1.29 is 0 Å². The molecule has 0 unspecified atom stereocenters. The Morgan fingerprint density at radius 3 is 0.870 bits per heavy atom. The molecule has 0 saturated heterocycles. The van der Waals surface area contributed by atoms with Gasteiger partial charge in [-0.2, -0.15) is 0 Å². The van der Waals surface area contributed by atoms with Gasteiger partial charge in [0.1, 0.15) is 0 Å². The van der Waals surface area contributed by atoms with Crippen LogP contribution in [0.25, 0.3) is 178 Å². The molecule has 0 bridgehead atoms. The Bertz CT molecular complexity index is 6200. The fraction of sp³-hybridized carbons (Fsp3) is 0. The fourth-order valence-electron chi connectivity index (χ4n) is 14.6. The van der Waals surface area contributed by atoms with Gasteiger partial charge in [0, 0.05) is 99.2 Å². The van der Waals surface area contributed by atoms with E-state index in [1.165, 1.54) is 65.2 Å². The summed E-state index contributed by atoms with van der Waals surface area (Å²) < 4.78 is 9.54. The van der Waals surface area contributed by atoms with Crippen molar-refractivity contribution in [2.45, 2.75) is 0 Å². The summed E-state index contributed by atoms with van der Waals surface area (Å²) >= 11 is 0. The minimum atomic E-state index is 0.631. The maximum absolute atomic E-state index is 5.02. The Morgan fingerprint density at radius 2 is 0.450 bits per heavy atom. The van der Waals surface area contributed by atoms with Crippen LogP contribution in [0.3, 0.4) is 0 Å². The Labute approximate surface area is 575 Å². The third kappa shape index (κ3) is 9.88. The van der Waals surface area contributed by atoms with E-state index in [1.54, 1.807) is 0 Å². The molecule has 10 heteroatoms. The molecule has 0 amide bonds. The summed E-state index contributed by atoms with van der Waals surface area (Å²) in [4.78, 5) is 29.9. The van der Waals surface area contributed by atoms with Crippen molar-refractivity contribution in [1.29, 1.82) is 0 Å². The minimum absolute atomic E-state index is 0.631.